The summed E-state index contributed by atoms with van der Waals surface area (Å²) >= 11 is 0. The van der Waals surface area contributed by atoms with Gasteiger partial charge in [0.25, 0.3) is 0 Å². The summed E-state index contributed by atoms with van der Waals surface area (Å²) in [5.74, 6) is 3.19. The van der Waals surface area contributed by atoms with Crippen LogP contribution in [0, 0.1) is 24.7 Å². The van der Waals surface area contributed by atoms with Crippen molar-refractivity contribution in [2.45, 2.75) is 0 Å². The van der Waals surface area contributed by atoms with E-state index in [1.165, 1.54) is 0 Å². The largest absolute Gasteiger partial charge is 0.500 e. The molecule has 0 atom stereocenters. The summed E-state index contributed by atoms with van der Waals surface area (Å²) < 4.78 is 0. The van der Waals surface area contributed by atoms with Crippen LogP contribution < -0.4 is 0 Å². The van der Waals surface area contributed by atoms with Crippen molar-refractivity contribution in [3.8, 4) is 11.8 Å². The Kier molecular flexibility index (Phi) is 50.3. The fourth-order valence-electron chi connectivity index (χ4n) is 0. The smallest absolute Gasteiger partial charge is 0 e. The molecule has 0 aliphatic rings. The number of rotatable bonds is 0. The quantitative estimate of drug-likeness (QED) is 0.340. The summed E-state index contributed by atoms with van der Waals surface area (Å²) in [5, 5.41) is 0. The predicted octanol–water partition coefficient (Wildman–Crippen LogP) is 0.161. The van der Waals surface area contributed by atoms with Gasteiger partial charge in [-0.15, -0.1) is 0 Å². The molecule has 0 aromatic rings. The zero-order valence-corrected chi connectivity index (χ0v) is 5.69. The molecule has 0 nitrogen and oxygen atoms in total. The molecule has 0 saturated carbocycles. The van der Waals surface area contributed by atoms with Gasteiger partial charge in [0.2, 0.25) is 0 Å². The third-order valence-electron chi connectivity index (χ3n) is 0.0625. The van der Waals surface area contributed by atoms with Gasteiger partial charge < -0.3 is 24.7 Å². The first-order valence-electron chi connectivity index (χ1n) is 0.750. The normalized spacial score (nSPS) is 1.67. The van der Waals surface area contributed by atoms with Crippen LogP contribution in [-0.2, 0) is 37.1 Å². The van der Waals surface area contributed by atoms with E-state index in [1.807, 2.05) is 0 Å². The first-order chi connectivity index (χ1) is 1.91. The Bertz CT molecular complexity index is 60.5. The Morgan fingerprint density at radius 2 is 1.00 bits per heavy atom. The summed E-state index contributed by atoms with van der Waals surface area (Å²) in [6.07, 6.45) is 11.8. The summed E-state index contributed by atoms with van der Waals surface area (Å²) in [4.78, 5) is 0. The first kappa shape index (κ1) is 16.3. The van der Waals surface area contributed by atoms with Gasteiger partial charge in [-0.05, 0) is 0 Å². The molecule has 0 aliphatic carbocycles. The molecule has 0 aromatic carbocycles. The van der Waals surface area contributed by atoms with E-state index in [9.17, 15) is 0 Å². The van der Waals surface area contributed by atoms with Crippen molar-refractivity contribution in [3.05, 3.63) is 12.8 Å². The molecule has 0 bridgehead atoms. The summed E-state index contributed by atoms with van der Waals surface area (Å²) in [6.45, 7) is 0. The van der Waals surface area contributed by atoms with Crippen molar-refractivity contribution in [1.82, 2.24) is 0 Å². The Labute approximate surface area is 61.8 Å². The van der Waals surface area contributed by atoms with Gasteiger partial charge in [-0.3, -0.25) is 0 Å². The minimum Gasteiger partial charge on any atom is -0.500 e. The predicted molar refractivity (Wildman–Crippen MR) is 14.3 cm³/mol. The molecule has 0 N–H and O–H groups in total. The molecule has 0 amide bonds. The maximum absolute atomic E-state index is 5.90. The van der Waals surface area contributed by atoms with Crippen LogP contribution in [-0.4, -0.2) is 0 Å². The molecule has 0 rings (SSSR count). The number of hydrogen-bond acceptors (Lipinski definition) is 0. The fraction of sp³-hybridized carbons (Fsp3) is 0. The second-order valence-corrected chi connectivity index (χ2v) is 0.250. The van der Waals surface area contributed by atoms with Crippen LogP contribution >= 0.6 is 0 Å². The van der Waals surface area contributed by atoms with Crippen molar-refractivity contribution in [3.63, 3.8) is 0 Å². The second kappa shape index (κ2) is 18.6. The van der Waals surface area contributed by atoms with Gasteiger partial charge in [0.05, 0.1) is 0 Å². The van der Waals surface area contributed by atoms with E-state index in [2.05, 4.69) is 0 Å². The van der Waals surface area contributed by atoms with Crippen LogP contribution in [0.4, 0.5) is 0 Å². The topological polar surface area (TPSA) is 0 Å². The van der Waals surface area contributed by atoms with Gasteiger partial charge in [0.15, 0.2) is 0 Å². The van der Waals surface area contributed by atoms with E-state index in [0.717, 1.165) is 0 Å². The average molecular weight is 150 g/mol. The standard InChI is InChI=1S/C4.2V/c1-3-4-2;;/q-2;;. The Morgan fingerprint density at radius 3 is 1.00 bits per heavy atom. The van der Waals surface area contributed by atoms with E-state index >= 15 is 0 Å². The first-order valence-corrected chi connectivity index (χ1v) is 0.750. The van der Waals surface area contributed by atoms with Gasteiger partial charge in [0.1, 0.15) is 0 Å². The molecule has 2 heteroatoms. The Morgan fingerprint density at radius 1 is 0.833 bits per heavy atom. The van der Waals surface area contributed by atoms with Gasteiger partial charge in [-0.25, -0.2) is 0 Å². The zero-order valence-electron chi connectivity index (χ0n) is 2.89. The van der Waals surface area contributed by atoms with Gasteiger partial charge in [0, 0.05) is 37.1 Å². The van der Waals surface area contributed by atoms with E-state index in [1.54, 1.807) is 11.8 Å². The minimum atomic E-state index is 0. The molecule has 6 heavy (non-hydrogen) atoms. The maximum atomic E-state index is 5.90. The summed E-state index contributed by atoms with van der Waals surface area (Å²) in [5.41, 5.74) is 0. The van der Waals surface area contributed by atoms with Crippen LogP contribution in [0.15, 0.2) is 0 Å². The molecule has 0 unspecified atom stereocenters. The van der Waals surface area contributed by atoms with E-state index in [4.69, 9.17) is 12.8 Å². The van der Waals surface area contributed by atoms with Crippen molar-refractivity contribution >= 4 is 0 Å². The van der Waals surface area contributed by atoms with Crippen molar-refractivity contribution in [1.29, 1.82) is 0 Å². The monoisotopic (exact) mass is 150 g/mol. The molecule has 2 radical (unpaired) electrons. The van der Waals surface area contributed by atoms with Crippen LogP contribution in [0.5, 0.6) is 0 Å². The minimum absolute atomic E-state index is 0. The van der Waals surface area contributed by atoms with Gasteiger partial charge >= 0.3 is 0 Å². The van der Waals surface area contributed by atoms with E-state index in [0.29, 0.717) is 0 Å². The Balaban J connectivity index is -0.0000000450. The van der Waals surface area contributed by atoms with Crippen LogP contribution in [0.3, 0.4) is 0 Å². The summed E-state index contributed by atoms with van der Waals surface area (Å²) in [7, 11) is 0. The third kappa shape index (κ3) is 27.9. The molecule has 0 heterocycles. The molecule has 28 valence electrons. The van der Waals surface area contributed by atoms with Crippen LogP contribution in [0.1, 0.15) is 0 Å². The molecule has 0 spiro atoms. The average Bonchev–Trinajstić information content (AvgIpc) is 1.37. The molecule has 0 aromatic heterocycles. The van der Waals surface area contributed by atoms with Crippen molar-refractivity contribution in [2.75, 3.05) is 0 Å². The SMILES string of the molecule is [C-]#CC#[C-].[V].[V]. The van der Waals surface area contributed by atoms with Crippen LogP contribution in [0.25, 0.3) is 0 Å². The fourth-order valence-corrected chi connectivity index (χ4v) is 0. The maximum Gasteiger partial charge on any atom is 0 e. The molecular formula is C4V2-2. The van der Waals surface area contributed by atoms with E-state index in [-0.39, 0.29) is 37.1 Å². The zero-order chi connectivity index (χ0) is 3.41. The molecule has 0 saturated heterocycles. The molecular weight excluding hydrogens is 150 g/mol. The molecule has 0 aliphatic heterocycles. The van der Waals surface area contributed by atoms with Gasteiger partial charge in [-0.2, -0.15) is 0 Å². The van der Waals surface area contributed by atoms with E-state index < -0.39 is 0 Å². The number of hydrogen-bond donors (Lipinski definition) is 0. The van der Waals surface area contributed by atoms with Crippen LogP contribution in [0.2, 0.25) is 0 Å². The third-order valence-corrected chi connectivity index (χ3v) is 0.0625. The van der Waals surface area contributed by atoms with Crippen molar-refractivity contribution in [2.24, 2.45) is 0 Å². The Hall–Kier alpha value is 0.289. The van der Waals surface area contributed by atoms with Crippen molar-refractivity contribution < 1.29 is 37.1 Å². The second-order valence-electron chi connectivity index (χ2n) is 0.250. The summed E-state index contributed by atoms with van der Waals surface area (Å²) in [6, 6.07) is 0. The van der Waals surface area contributed by atoms with Gasteiger partial charge in [-0.1, -0.05) is 0 Å². The molecule has 0 fully saturated rings.